The summed E-state index contributed by atoms with van der Waals surface area (Å²) in [5.74, 6) is 0. The number of H-pyrrole nitrogens is 2. The van der Waals surface area contributed by atoms with E-state index >= 15 is 0 Å². The minimum Gasteiger partial charge on any atom is -0.388 e. The van der Waals surface area contributed by atoms with Crippen LogP contribution in [0.5, 0.6) is 0 Å². The molecule has 0 bridgehead atoms. The van der Waals surface area contributed by atoms with Crippen LogP contribution >= 0.6 is 7.60 Å². The Morgan fingerprint density at radius 2 is 1.79 bits per heavy atom. The quantitative estimate of drug-likeness (QED) is 0.270. The normalized spacial score (nSPS) is 26.9. The molecule has 0 saturated carbocycles. The highest BCUT2D eigenvalue weighted by Gasteiger charge is 2.51. The molecule has 0 amide bonds. The molecule has 3 heterocycles. The second-order valence-electron chi connectivity index (χ2n) is 8.96. The summed E-state index contributed by atoms with van der Waals surface area (Å²) in [6, 6.07) is 1.40. The molecule has 0 radical (unpaired) electrons. The number of hydrogen-bond donors (Lipinski definition) is 6. The number of nitrogens with zero attached hydrogens (tertiary/aromatic N) is 1. The van der Waals surface area contributed by atoms with Gasteiger partial charge in [0.2, 0.25) is 0 Å². The van der Waals surface area contributed by atoms with Crippen molar-refractivity contribution in [3.8, 4) is 0 Å². The highest BCUT2D eigenvalue weighted by atomic mass is 31.2. The summed E-state index contributed by atoms with van der Waals surface area (Å²) < 4.78 is 24.4. The number of hydrogen-bond acceptors (Lipinski definition) is 9. The van der Waals surface area contributed by atoms with Gasteiger partial charge in [-0.2, -0.15) is 0 Å². The standard InChI is InChI=1S/C21H32N3O9P/c1-5-20(4,33-34(30,31)21(29,6-2)7-3)9-13-14(25)15(26)16(32-13)12-8-11-10-22-19(28)24-17(11)23-18(12)27/h8,10,13-16,25-26,29H,5-7,9H2,1-4H3,(H,30,31)(H2,22,23,24,27,28)/t13-,14?,15+,16+,20?/m1/s1. The van der Waals surface area contributed by atoms with Crippen LogP contribution < -0.4 is 11.2 Å². The van der Waals surface area contributed by atoms with Crippen molar-refractivity contribution in [1.82, 2.24) is 15.0 Å². The first kappa shape index (κ1) is 26.7. The molecule has 6 atom stereocenters. The lowest BCUT2D eigenvalue weighted by molar-refractivity contribution is -0.0544. The highest BCUT2D eigenvalue weighted by molar-refractivity contribution is 7.54. The van der Waals surface area contributed by atoms with E-state index in [1.165, 1.54) is 12.3 Å². The number of pyridine rings is 1. The van der Waals surface area contributed by atoms with Gasteiger partial charge in [0, 0.05) is 23.6 Å². The Morgan fingerprint density at radius 3 is 2.38 bits per heavy atom. The van der Waals surface area contributed by atoms with Crippen molar-refractivity contribution in [1.29, 1.82) is 0 Å². The maximum Gasteiger partial charge on any atom is 0.359 e. The lowest BCUT2D eigenvalue weighted by atomic mass is 9.92. The Hall–Kier alpha value is -1.92. The Labute approximate surface area is 195 Å². The largest absolute Gasteiger partial charge is 0.388 e. The fraction of sp³-hybridized carbons (Fsp3) is 0.667. The van der Waals surface area contributed by atoms with Crippen LogP contribution in [0.4, 0.5) is 0 Å². The number of rotatable bonds is 9. The van der Waals surface area contributed by atoms with E-state index in [0.717, 1.165) is 0 Å². The van der Waals surface area contributed by atoms with Gasteiger partial charge >= 0.3 is 13.3 Å². The number of aromatic amines is 2. The van der Waals surface area contributed by atoms with E-state index in [4.69, 9.17) is 9.26 Å². The molecule has 12 nitrogen and oxygen atoms in total. The predicted octanol–water partition coefficient (Wildman–Crippen LogP) is 1.04. The van der Waals surface area contributed by atoms with Crippen LogP contribution in [0.25, 0.3) is 11.0 Å². The van der Waals surface area contributed by atoms with Gasteiger partial charge in [-0.3, -0.25) is 14.3 Å². The zero-order chi connectivity index (χ0) is 25.5. The van der Waals surface area contributed by atoms with Gasteiger partial charge < -0.3 is 34.5 Å². The topological polar surface area (TPSA) is 195 Å². The smallest absolute Gasteiger partial charge is 0.359 e. The number of nitrogens with one attached hydrogen (secondary N) is 2. The van der Waals surface area contributed by atoms with E-state index in [1.54, 1.807) is 27.7 Å². The summed E-state index contributed by atoms with van der Waals surface area (Å²) in [6.45, 7) is 6.43. The molecule has 0 aliphatic carbocycles. The van der Waals surface area contributed by atoms with Crippen LogP contribution in [0.3, 0.4) is 0 Å². The van der Waals surface area contributed by atoms with Gasteiger partial charge in [-0.25, -0.2) is 9.78 Å². The van der Waals surface area contributed by atoms with Crippen molar-refractivity contribution in [3.63, 3.8) is 0 Å². The Morgan fingerprint density at radius 1 is 1.15 bits per heavy atom. The molecule has 1 fully saturated rings. The molecule has 0 aromatic carbocycles. The Balaban J connectivity index is 1.87. The fourth-order valence-electron chi connectivity index (χ4n) is 4.13. The predicted molar refractivity (Wildman–Crippen MR) is 122 cm³/mol. The summed E-state index contributed by atoms with van der Waals surface area (Å²) in [7, 11) is -4.49. The van der Waals surface area contributed by atoms with Gasteiger partial charge in [-0.1, -0.05) is 20.8 Å². The first-order valence-electron chi connectivity index (χ1n) is 11.2. The van der Waals surface area contributed by atoms with E-state index < -0.39 is 54.2 Å². The maximum atomic E-state index is 12.9. The second kappa shape index (κ2) is 9.62. The third kappa shape index (κ3) is 4.90. The minimum absolute atomic E-state index is 0.00524. The Kier molecular flexibility index (Phi) is 7.55. The van der Waals surface area contributed by atoms with E-state index in [0.29, 0.717) is 5.39 Å². The lowest BCUT2D eigenvalue weighted by Gasteiger charge is -2.38. The average Bonchev–Trinajstić information content (AvgIpc) is 3.05. The molecule has 190 valence electrons. The monoisotopic (exact) mass is 501 g/mol. The number of ether oxygens (including phenoxy) is 1. The van der Waals surface area contributed by atoms with E-state index in [2.05, 4.69) is 15.0 Å². The molecule has 3 rings (SSSR count). The molecule has 6 N–H and O–H groups in total. The fourth-order valence-corrected chi connectivity index (χ4v) is 5.90. The maximum absolute atomic E-state index is 12.9. The highest BCUT2D eigenvalue weighted by Crippen LogP contribution is 2.60. The van der Waals surface area contributed by atoms with Gasteiger partial charge in [0.25, 0.3) is 5.56 Å². The van der Waals surface area contributed by atoms with Crippen molar-refractivity contribution in [2.24, 2.45) is 0 Å². The van der Waals surface area contributed by atoms with Crippen molar-refractivity contribution in [2.75, 3.05) is 0 Å². The summed E-state index contributed by atoms with van der Waals surface area (Å²) in [4.78, 5) is 43.0. The lowest BCUT2D eigenvalue weighted by Crippen LogP contribution is -2.40. The van der Waals surface area contributed by atoms with Crippen molar-refractivity contribution < 1.29 is 34.0 Å². The average molecular weight is 501 g/mol. The van der Waals surface area contributed by atoms with Crippen molar-refractivity contribution in [2.45, 2.75) is 88.7 Å². The second-order valence-corrected chi connectivity index (χ2v) is 11.0. The van der Waals surface area contributed by atoms with E-state index in [9.17, 15) is 34.4 Å². The number of aliphatic hydroxyl groups is 3. The van der Waals surface area contributed by atoms with Crippen LogP contribution in [0.15, 0.2) is 21.9 Å². The zero-order valence-electron chi connectivity index (χ0n) is 19.5. The van der Waals surface area contributed by atoms with Gasteiger partial charge in [-0.05, 0) is 32.3 Å². The molecule has 0 spiro atoms. The number of aromatic nitrogens is 3. The molecule has 1 aliphatic heterocycles. The third-order valence-corrected chi connectivity index (χ3v) is 9.08. The molecule has 2 aromatic heterocycles. The number of fused-ring (bicyclic) bond motifs is 1. The van der Waals surface area contributed by atoms with Gasteiger partial charge in [0.15, 0.2) is 5.34 Å². The molecule has 2 aromatic rings. The molecule has 1 saturated heterocycles. The zero-order valence-corrected chi connectivity index (χ0v) is 20.4. The van der Waals surface area contributed by atoms with Crippen LogP contribution in [-0.2, 0) is 13.8 Å². The van der Waals surface area contributed by atoms with Gasteiger partial charge in [-0.15, -0.1) is 0 Å². The van der Waals surface area contributed by atoms with Crippen LogP contribution in [0.2, 0.25) is 0 Å². The number of aliphatic hydroxyl groups excluding tert-OH is 2. The summed E-state index contributed by atoms with van der Waals surface area (Å²) >= 11 is 0. The molecule has 34 heavy (non-hydrogen) atoms. The van der Waals surface area contributed by atoms with E-state index in [-0.39, 0.29) is 36.9 Å². The van der Waals surface area contributed by atoms with Crippen molar-refractivity contribution >= 4 is 18.6 Å². The minimum atomic E-state index is -4.49. The summed E-state index contributed by atoms with van der Waals surface area (Å²) in [5.41, 5.74) is -2.38. The molecule has 1 aliphatic rings. The first-order valence-corrected chi connectivity index (χ1v) is 12.8. The van der Waals surface area contributed by atoms with Gasteiger partial charge in [0.05, 0.1) is 11.7 Å². The summed E-state index contributed by atoms with van der Waals surface area (Å²) in [5, 5.41) is 30.3. The SMILES string of the molecule is CCC(C)(C[C@H]1O[C@@H](c2cc3cnc(=O)[nH]c3[nH]c2=O)[C@@H](O)C1O)OP(=O)(O)C(O)(CC)CC. The van der Waals surface area contributed by atoms with Gasteiger partial charge in [0.1, 0.15) is 24.0 Å². The third-order valence-electron chi connectivity index (χ3n) is 6.71. The Bertz CT molecular complexity index is 1190. The molecular formula is C21H32N3O9P. The molecule has 13 heteroatoms. The first-order chi connectivity index (χ1) is 15.8. The van der Waals surface area contributed by atoms with Crippen LogP contribution in [0.1, 0.15) is 65.0 Å². The van der Waals surface area contributed by atoms with E-state index in [1.807, 2.05) is 0 Å². The summed E-state index contributed by atoms with van der Waals surface area (Å²) in [6.07, 6.45) is -3.71. The van der Waals surface area contributed by atoms with Crippen LogP contribution in [-0.4, -0.2) is 64.4 Å². The molecule has 3 unspecified atom stereocenters. The van der Waals surface area contributed by atoms with Crippen molar-refractivity contribution in [3.05, 3.63) is 38.7 Å². The molecular weight excluding hydrogens is 469 g/mol. The van der Waals surface area contributed by atoms with Crippen LogP contribution in [0, 0.1) is 0 Å².